The smallest absolute Gasteiger partial charge is 0.264 e. The Kier molecular flexibility index (Phi) is 6.43. The van der Waals surface area contributed by atoms with Crippen LogP contribution in [-0.2, 0) is 21.7 Å². The minimum atomic E-state index is -3.20. The number of halogens is 2. The number of methoxy groups -OCH3 is 1. The highest BCUT2D eigenvalue weighted by Gasteiger charge is 2.66. The SMILES string of the molecule is COc1ccc2c(c1)[C@@]1(O[C@H](CCO)[C@@H]([Si](C)(C)F)[C@@H]1C)C(=O)N2Cc1ccc(I)cc1. The van der Waals surface area contributed by atoms with Crippen LogP contribution in [0.15, 0.2) is 42.5 Å². The summed E-state index contributed by atoms with van der Waals surface area (Å²) in [6, 6.07) is 13.6. The number of hydrogen-bond acceptors (Lipinski definition) is 4. The van der Waals surface area contributed by atoms with Gasteiger partial charge in [-0.1, -0.05) is 19.1 Å². The van der Waals surface area contributed by atoms with Crippen molar-refractivity contribution in [2.45, 2.75) is 50.2 Å². The molecular formula is C24H29FINO4Si. The Hall–Kier alpha value is -1.49. The summed E-state index contributed by atoms with van der Waals surface area (Å²) in [5, 5.41) is 9.64. The van der Waals surface area contributed by atoms with Crippen LogP contribution in [0, 0.1) is 9.49 Å². The van der Waals surface area contributed by atoms with Gasteiger partial charge in [-0.15, -0.1) is 0 Å². The molecule has 4 rings (SSSR count). The number of amides is 1. The molecule has 1 N–H and O–H groups in total. The van der Waals surface area contributed by atoms with E-state index in [0.29, 0.717) is 18.7 Å². The molecule has 0 bridgehead atoms. The topological polar surface area (TPSA) is 59.0 Å². The summed E-state index contributed by atoms with van der Waals surface area (Å²) in [4.78, 5) is 15.8. The van der Waals surface area contributed by atoms with Gasteiger partial charge >= 0.3 is 0 Å². The van der Waals surface area contributed by atoms with Gasteiger partial charge in [-0.25, -0.2) is 0 Å². The number of anilines is 1. The minimum Gasteiger partial charge on any atom is -0.497 e. The van der Waals surface area contributed by atoms with Gasteiger partial charge in [-0.05, 0) is 78.0 Å². The van der Waals surface area contributed by atoms with Gasteiger partial charge in [-0.3, -0.25) is 4.79 Å². The molecule has 0 saturated carbocycles. The molecule has 1 amide bonds. The molecule has 2 aliphatic rings. The third-order valence-electron chi connectivity index (χ3n) is 6.84. The van der Waals surface area contributed by atoms with E-state index in [1.54, 1.807) is 25.1 Å². The molecule has 2 aromatic carbocycles. The fourth-order valence-electron chi connectivity index (χ4n) is 5.48. The van der Waals surface area contributed by atoms with Crippen molar-refractivity contribution in [2.24, 2.45) is 5.92 Å². The average Bonchev–Trinajstić information content (AvgIpc) is 3.17. The number of fused-ring (bicyclic) bond motifs is 2. The van der Waals surface area contributed by atoms with Crippen LogP contribution in [0.1, 0.15) is 24.5 Å². The summed E-state index contributed by atoms with van der Waals surface area (Å²) in [5.74, 6) is 0.0861. The first-order valence-electron chi connectivity index (χ1n) is 10.9. The lowest BCUT2D eigenvalue weighted by atomic mass is 9.82. The summed E-state index contributed by atoms with van der Waals surface area (Å²) >= 11 is 2.25. The predicted molar refractivity (Wildman–Crippen MR) is 133 cm³/mol. The number of carbonyl (C=O) groups excluding carboxylic acids is 1. The molecule has 2 heterocycles. The first-order chi connectivity index (χ1) is 15.1. The molecule has 172 valence electrons. The molecule has 2 aliphatic heterocycles. The van der Waals surface area contributed by atoms with E-state index in [-0.39, 0.29) is 18.4 Å². The Morgan fingerprint density at radius 1 is 1.25 bits per heavy atom. The number of hydrogen-bond donors (Lipinski definition) is 1. The molecule has 0 aliphatic carbocycles. The highest BCUT2D eigenvalue weighted by atomic mass is 127. The Balaban J connectivity index is 1.83. The Morgan fingerprint density at radius 3 is 2.53 bits per heavy atom. The Labute approximate surface area is 203 Å². The van der Waals surface area contributed by atoms with Gasteiger partial charge in [-0.2, -0.15) is 0 Å². The van der Waals surface area contributed by atoms with Crippen molar-refractivity contribution < 1.29 is 23.5 Å². The van der Waals surface area contributed by atoms with Crippen LogP contribution in [0.2, 0.25) is 18.6 Å². The zero-order valence-electron chi connectivity index (χ0n) is 18.8. The largest absolute Gasteiger partial charge is 0.497 e. The maximum Gasteiger partial charge on any atom is 0.264 e. The standard InChI is InChI=1S/C24H29FINO4Si/c1-15-22(32(3,4)25)21(11-12-28)31-24(15)19-13-18(30-2)9-10-20(19)27(23(24)29)14-16-5-7-17(26)8-6-16/h5-10,13,15,21-22,28H,11-12,14H2,1-4H3/t15-,21+,22-,24+/m0/s1. The van der Waals surface area contributed by atoms with E-state index in [4.69, 9.17) is 9.47 Å². The van der Waals surface area contributed by atoms with Gasteiger partial charge < -0.3 is 23.6 Å². The normalized spacial score (nSPS) is 27.3. The van der Waals surface area contributed by atoms with Gasteiger partial charge in [0.15, 0.2) is 5.60 Å². The van der Waals surface area contributed by atoms with E-state index >= 15 is 4.11 Å². The van der Waals surface area contributed by atoms with Crippen molar-refractivity contribution >= 4 is 42.6 Å². The van der Waals surface area contributed by atoms with E-state index in [0.717, 1.165) is 20.4 Å². The molecular weight excluding hydrogens is 540 g/mol. The predicted octanol–water partition coefficient (Wildman–Crippen LogP) is 5.00. The van der Waals surface area contributed by atoms with Crippen LogP contribution in [0.25, 0.3) is 0 Å². The molecule has 0 aromatic heterocycles. The molecule has 1 fully saturated rings. The molecule has 1 spiro atoms. The van der Waals surface area contributed by atoms with E-state index in [9.17, 15) is 9.90 Å². The van der Waals surface area contributed by atoms with Crippen LogP contribution in [0.3, 0.4) is 0 Å². The lowest BCUT2D eigenvalue weighted by Crippen LogP contribution is -2.45. The highest BCUT2D eigenvalue weighted by molar-refractivity contribution is 14.1. The highest BCUT2D eigenvalue weighted by Crippen LogP contribution is 2.60. The fraction of sp³-hybridized carbons (Fsp3) is 0.458. The summed E-state index contributed by atoms with van der Waals surface area (Å²) in [7, 11) is -1.61. The maximum atomic E-state index is 15.5. The van der Waals surface area contributed by atoms with Crippen LogP contribution in [0.4, 0.5) is 9.80 Å². The molecule has 1 saturated heterocycles. The number of ether oxygens (including phenoxy) is 2. The Bertz CT molecular complexity index is 1010. The lowest BCUT2D eigenvalue weighted by Gasteiger charge is -2.31. The van der Waals surface area contributed by atoms with E-state index in [2.05, 4.69) is 22.6 Å². The van der Waals surface area contributed by atoms with E-state index in [1.807, 2.05) is 49.4 Å². The number of aliphatic hydroxyl groups excluding tert-OH is 1. The van der Waals surface area contributed by atoms with Gasteiger partial charge in [0.05, 0.1) is 25.4 Å². The van der Waals surface area contributed by atoms with E-state index in [1.165, 1.54) is 0 Å². The number of benzene rings is 2. The van der Waals surface area contributed by atoms with Crippen molar-refractivity contribution in [3.05, 3.63) is 57.2 Å². The monoisotopic (exact) mass is 569 g/mol. The fourth-order valence-corrected chi connectivity index (χ4v) is 8.38. The van der Waals surface area contributed by atoms with E-state index < -0.39 is 25.7 Å². The summed E-state index contributed by atoms with van der Waals surface area (Å²) in [6.45, 7) is 5.54. The van der Waals surface area contributed by atoms with Crippen LogP contribution >= 0.6 is 22.6 Å². The van der Waals surface area contributed by atoms with Gasteiger partial charge in [0.25, 0.3) is 5.91 Å². The zero-order valence-corrected chi connectivity index (χ0v) is 21.9. The molecule has 32 heavy (non-hydrogen) atoms. The van der Waals surface area contributed by atoms with Crippen molar-refractivity contribution in [3.63, 3.8) is 0 Å². The van der Waals surface area contributed by atoms with Crippen LogP contribution in [0.5, 0.6) is 5.75 Å². The molecule has 4 atom stereocenters. The average molecular weight is 569 g/mol. The molecule has 0 radical (unpaired) electrons. The second-order valence-electron chi connectivity index (χ2n) is 9.18. The zero-order chi connectivity index (χ0) is 23.3. The first kappa shape index (κ1) is 23.7. The van der Waals surface area contributed by atoms with Crippen molar-refractivity contribution in [3.8, 4) is 5.75 Å². The first-order valence-corrected chi connectivity index (χ1v) is 14.9. The van der Waals surface area contributed by atoms with Crippen LogP contribution < -0.4 is 9.64 Å². The van der Waals surface area contributed by atoms with Gasteiger partial charge in [0.1, 0.15) is 5.75 Å². The molecule has 5 nitrogen and oxygen atoms in total. The summed E-state index contributed by atoms with van der Waals surface area (Å²) < 4.78 is 28.6. The van der Waals surface area contributed by atoms with Gasteiger partial charge in [0.2, 0.25) is 8.41 Å². The van der Waals surface area contributed by atoms with Crippen molar-refractivity contribution in [1.29, 1.82) is 0 Å². The quantitative estimate of drug-likeness (QED) is 0.302. The van der Waals surface area contributed by atoms with Crippen LogP contribution in [-0.4, -0.2) is 39.2 Å². The minimum absolute atomic E-state index is 0.111. The molecule has 0 unspecified atom stereocenters. The third-order valence-corrected chi connectivity index (χ3v) is 10.0. The second kappa shape index (κ2) is 8.70. The van der Waals surface area contributed by atoms with Crippen molar-refractivity contribution in [2.75, 3.05) is 18.6 Å². The number of nitrogens with zero attached hydrogens (tertiary/aromatic N) is 1. The second-order valence-corrected chi connectivity index (χ2v) is 14.2. The lowest BCUT2D eigenvalue weighted by molar-refractivity contribution is -0.146. The Morgan fingerprint density at radius 2 is 1.94 bits per heavy atom. The number of aliphatic hydroxyl groups is 1. The third kappa shape index (κ3) is 3.78. The summed E-state index contributed by atoms with van der Waals surface area (Å²) in [6.07, 6.45) is -0.205. The number of rotatable bonds is 6. The van der Waals surface area contributed by atoms with Gasteiger partial charge in [0, 0.05) is 27.2 Å². The van der Waals surface area contributed by atoms with Crippen molar-refractivity contribution in [1.82, 2.24) is 0 Å². The summed E-state index contributed by atoms with van der Waals surface area (Å²) in [5.41, 5.74) is 0.808. The molecule has 2 aromatic rings. The maximum absolute atomic E-state index is 15.5. The number of carbonyl (C=O) groups is 1. The molecule has 8 heteroatoms.